The molecule has 0 radical (unpaired) electrons. The summed E-state index contributed by atoms with van der Waals surface area (Å²) in [5, 5.41) is 11.5. The lowest BCUT2D eigenvalue weighted by Crippen LogP contribution is -2.08. The number of benzene rings is 1. The maximum Gasteiger partial charge on any atom is 0.358 e. The number of nitro benzene ring substituents is 1. The highest BCUT2D eigenvalue weighted by Crippen LogP contribution is 2.32. The molecule has 0 unspecified atom stereocenters. The Labute approximate surface area is 138 Å². The molecule has 7 heteroatoms. The quantitative estimate of drug-likeness (QED) is 0.451. The van der Waals surface area contributed by atoms with Crippen molar-refractivity contribution in [3.05, 3.63) is 45.0 Å². The van der Waals surface area contributed by atoms with Crippen molar-refractivity contribution in [2.45, 2.75) is 27.2 Å². The van der Waals surface area contributed by atoms with Gasteiger partial charge in [0, 0.05) is 22.6 Å². The Bertz CT molecular complexity index is 725. The predicted molar refractivity (Wildman–Crippen MR) is 88.7 cm³/mol. The number of carbonyl (C=O) groups excluding carboxylic acids is 1. The van der Waals surface area contributed by atoms with Gasteiger partial charge in [0.15, 0.2) is 5.69 Å². The lowest BCUT2D eigenvalue weighted by atomic mass is 10.1. The van der Waals surface area contributed by atoms with E-state index in [1.165, 1.54) is 23.5 Å². The average Bonchev–Trinajstić information content (AvgIpc) is 2.91. The number of ether oxygens (including phenoxy) is 1. The van der Waals surface area contributed by atoms with Crippen molar-refractivity contribution in [1.82, 2.24) is 4.98 Å². The van der Waals surface area contributed by atoms with E-state index in [0.29, 0.717) is 28.6 Å². The standard InChI is InChI=1S/C16H18N2O4S/c1-4-22-16(19)14-13(8-10(2)3)23-15(17-14)11-6-5-7-12(9-11)18(20)21/h5-7,9-10H,4,8H2,1-3H3. The maximum atomic E-state index is 12.1. The van der Waals surface area contributed by atoms with Crippen LogP contribution in [0, 0.1) is 16.0 Å². The SMILES string of the molecule is CCOC(=O)c1nc(-c2cccc([N+](=O)[O-])c2)sc1CC(C)C. The minimum Gasteiger partial charge on any atom is -0.461 e. The summed E-state index contributed by atoms with van der Waals surface area (Å²) >= 11 is 1.38. The number of non-ortho nitro benzene ring substituents is 1. The van der Waals surface area contributed by atoms with Crippen molar-refractivity contribution in [2.24, 2.45) is 5.92 Å². The van der Waals surface area contributed by atoms with E-state index in [1.54, 1.807) is 19.1 Å². The second-order valence-electron chi connectivity index (χ2n) is 5.42. The molecule has 0 bridgehead atoms. The van der Waals surface area contributed by atoms with Crippen LogP contribution >= 0.6 is 11.3 Å². The first-order chi connectivity index (χ1) is 10.9. The van der Waals surface area contributed by atoms with Gasteiger partial charge in [-0.15, -0.1) is 11.3 Å². The van der Waals surface area contributed by atoms with E-state index in [0.717, 1.165) is 4.88 Å². The summed E-state index contributed by atoms with van der Waals surface area (Å²) in [5.41, 5.74) is 0.942. The zero-order chi connectivity index (χ0) is 17.0. The summed E-state index contributed by atoms with van der Waals surface area (Å²) in [6.45, 7) is 6.14. The molecule has 0 aliphatic carbocycles. The monoisotopic (exact) mass is 334 g/mol. The molecular weight excluding hydrogens is 316 g/mol. The number of nitro groups is 1. The highest BCUT2D eigenvalue weighted by atomic mass is 32.1. The van der Waals surface area contributed by atoms with Crippen molar-refractivity contribution < 1.29 is 14.5 Å². The van der Waals surface area contributed by atoms with Crippen molar-refractivity contribution in [3.8, 4) is 10.6 Å². The van der Waals surface area contributed by atoms with Crippen LogP contribution in [0.4, 0.5) is 5.69 Å². The second-order valence-corrected chi connectivity index (χ2v) is 6.50. The van der Waals surface area contributed by atoms with E-state index < -0.39 is 10.9 Å². The molecular formula is C16H18N2O4S. The van der Waals surface area contributed by atoms with Gasteiger partial charge in [0.05, 0.1) is 11.5 Å². The average molecular weight is 334 g/mol. The Hall–Kier alpha value is -2.28. The Morgan fingerprint density at radius 1 is 1.43 bits per heavy atom. The second kappa shape index (κ2) is 7.32. The van der Waals surface area contributed by atoms with Gasteiger partial charge in [0.1, 0.15) is 5.01 Å². The van der Waals surface area contributed by atoms with Crippen molar-refractivity contribution in [3.63, 3.8) is 0 Å². The lowest BCUT2D eigenvalue weighted by Gasteiger charge is -2.04. The molecule has 122 valence electrons. The van der Waals surface area contributed by atoms with Crippen LogP contribution in [-0.2, 0) is 11.2 Å². The van der Waals surface area contributed by atoms with Crippen LogP contribution in [0.25, 0.3) is 10.6 Å². The Morgan fingerprint density at radius 2 is 2.17 bits per heavy atom. The molecule has 6 nitrogen and oxygen atoms in total. The molecule has 0 aliphatic heterocycles. The summed E-state index contributed by atoms with van der Waals surface area (Å²) in [6, 6.07) is 6.26. The number of nitrogens with zero attached hydrogens (tertiary/aromatic N) is 2. The first kappa shape index (κ1) is 17.1. The van der Waals surface area contributed by atoms with Gasteiger partial charge in [-0.3, -0.25) is 10.1 Å². The molecule has 0 fully saturated rings. The first-order valence-corrected chi connectivity index (χ1v) is 8.15. The minimum absolute atomic E-state index is 0.000735. The van der Waals surface area contributed by atoms with E-state index in [2.05, 4.69) is 18.8 Å². The molecule has 1 aromatic carbocycles. The normalized spacial score (nSPS) is 10.8. The van der Waals surface area contributed by atoms with E-state index in [4.69, 9.17) is 4.74 Å². The Kier molecular flexibility index (Phi) is 5.44. The summed E-state index contributed by atoms with van der Waals surface area (Å²) in [5.74, 6) is -0.0855. The Morgan fingerprint density at radius 3 is 2.78 bits per heavy atom. The van der Waals surface area contributed by atoms with Gasteiger partial charge in [0.2, 0.25) is 0 Å². The molecule has 0 saturated heterocycles. The zero-order valence-electron chi connectivity index (χ0n) is 13.2. The van der Waals surface area contributed by atoms with Crippen molar-refractivity contribution in [1.29, 1.82) is 0 Å². The molecule has 1 heterocycles. The van der Waals surface area contributed by atoms with Gasteiger partial charge in [-0.25, -0.2) is 9.78 Å². The molecule has 0 amide bonds. The number of esters is 1. The maximum absolute atomic E-state index is 12.1. The summed E-state index contributed by atoms with van der Waals surface area (Å²) in [7, 11) is 0. The summed E-state index contributed by atoms with van der Waals surface area (Å²) in [6.07, 6.45) is 0.709. The highest BCUT2D eigenvalue weighted by Gasteiger charge is 2.21. The summed E-state index contributed by atoms with van der Waals surface area (Å²) in [4.78, 5) is 27.8. The van der Waals surface area contributed by atoms with Gasteiger partial charge in [0.25, 0.3) is 5.69 Å². The number of hydrogen-bond acceptors (Lipinski definition) is 6. The smallest absolute Gasteiger partial charge is 0.358 e. The van der Waals surface area contributed by atoms with E-state index >= 15 is 0 Å². The molecule has 0 N–H and O–H groups in total. The number of carbonyl (C=O) groups is 1. The topological polar surface area (TPSA) is 82.3 Å². The molecule has 23 heavy (non-hydrogen) atoms. The van der Waals surface area contributed by atoms with Gasteiger partial charge >= 0.3 is 5.97 Å². The van der Waals surface area contributed by atoms with Crippen LogP contribution in [0.5, 0.6) is 0 Å². The predicted octanol–water partition coefficient (Wildman–Crippen LogP) is 4.09. The molecule has 2 aromatic rings. The molecule has 0 spiro atoms. The van der Waals surface area contributed by atoms with Gasteiger partial charge in [-0.1, -0.05) is 26.0 Å². The number of hydrogen-bond donors (Lipinski definition) is 0. The fraction of sp³-hybridized carbons (Fsp3) is 0.375. The highest BCUT2D eigenvalue weighted by molar-refractivity contribution is 7.15. The van der Waals surface area contributed by atoms with Gasteiger partial charge in [-0.2, -0.15) is 0 Å². The zero-order valence-corrected chi connectivity index (χ0v) is 14.1. The van der Waals surface area contributed by atoms with Crippen LogP contribution < -0.4 is 0 Å². The van der Waals surface area contributed by atoms with E-state index in [1.807, 2.05) is 0 Å². The fourth-order valence-corrected chi connectivity index (χ4v) is 3.35. The van der Waals surface area contributed by atoms with Crippen LogP contribution in [0.15, 0.2) is 24.3 Å². The third-order valence-corrected chi connectivity index (χ3v) is 4.19. The number of aromatic nitrogens is 1. The Balaban J connectivity index is 2.45. The molecule has 0 atom stereocenters. The third kappa shape index (κ3) is 4.13. The van der Waals surface area contributed by atoms with Crippen molar-refractivity contribution >= 4 is 23.0 Å². The van der Waals surface area contributed by atoms with Gasteiger partial charge < -0.3 is 4.74 Å². The minimum atomic E-state index is -0.448. The van der Waals surface area contributed by atoms with Crippen LogP contribution in [0.1, 0.15) is 36.1 Å². The summed E-state index contributed by atoms with van der Waals surface area (Å²) < 4.78 is 5.06. The van der Waals surface area contributed by atoms with Crippen molar-refractivity contribution in [2.75, 3.05) is 6.61 Å². The molecule has 1 aromatic heterocycles. The van der Waals surface area contributed by atoms with E-state index in [9.17, 15) is 14.9 Å². The largest absolute Gasteiger partial charge is 0.461 e. The first-order valence-electron chi connectivity index (χ1n) is 7.34. The number of thiazole rings is 1. The van der Waals surface area contributed by atoms with Crippen LogP contribution in [0.3, 0.4) is 0 Å². The lowest BCUT2D eigenvalue weighted by molar-refractivity contribution is -0.384. The molecule has 0 saturated carbocycles. The third-order valence-electron chi connectivity index (χ3n) is 3.06. The van der Waals surface area contributed by atoms with E-state index in [-0.39, 0.29) is 12.3 Å². The molecule has 2 rings (SSSR count). The number of rotatable bonds is 6. The fourth-order valence-electron chi connectivity index (χ4n) is 2.10. The molecule has 0 aliphatic rings. The van der Waals surface area contributed by atoms with Crippen LogP contribution in [-0.4, -0.2) is 22.5 Å². The van der Waals surface area contributed by atoms with Gasteiger partial charge in [-0.05, 0) is 19.3 Å². The van der Waals surface area contributed by atoms with Crippen LogP contribution in [0.2, 0.25) is 0 Å².